The molecule has 0 amide bonds. The number of amidine groups is 1. The Kier molecular flexibility index (Phi) is 5.35. The highest BCUT2D eigenvalue weighted by molar-refractivity contribution is 5.96. The standard InChI is InChI=1S/C11H19N5O/c1-3-16(4-2)7-8-17-11-9(10(12)13)5-6-14-15-11/h5-6H,3-4,7-8H2,1-2H3,(H3,12,13). The molecule has 0 aliphatic carbocycles. The highest BCUT2D eigenvalue weighted by Crippen LogP contribution is 2.11. The molecule has 0 spiro atoms. The van der Waals surface area contributed by atoms with E-state index >= 15 is 0 Å². The van der Waals surface area contributed by atoms with Gasteiger partial charge in [0.2, 0.25) is 5.88 Å². The number of nitrogens with one attached hydrogen (secondary N) is 1. The van der Waals surface area contributed by atoms with Crippen LogP contribution in [0.3, 0.4) is 0 Å². The van der Waals surface area contributed by atoms with Gasteiger partial charge in [-0.3, -0.25) is 5.41 Å². The molecule has 1 aromatic rings. The van der Waals surface area contributed by atoms with Crippen LogP contribution in [-0.2, 0) is 0 Å². The number of nitrogens with zero attached hydrogens (tertiary/aromatic N) is 3. The van der Waals surface area contributed by atoms with Crippen LogP contribution in [0.5, 0.6) is 5.88 Å². The van der Waals surface area contributed by atoms with Crippen molar-refractivity contribution in [3.8, 4) is 5.88 Å². The molecule has 0 aliphatic heterocycles. The van der Waals surface area contributed by atoms with Crippen molar-refractivity contribution in [2.24, 2.45) is 5.73 Å². The van der Waals surface area contributed by atoms with E-state index in [2.05, 4.69) is 28.9 Å². The predicted molar refractivity (Wildman–Crippen MR) is 66.3 cm³/mol. The summed E-state index contributed by atoms with van der Waals surface area (Å²) in [6, 6.07) is 1.63. The second kappa shape index (κ2) is 6.80. The van der Waals surface area contributed by atoms with Gasteiger partial charge in [-0.1, -0.05) is 13.8 Å². The number of nitrogen functional groups attached to an aromatic ring is 1. The summed E-state index contributed by atoms with van der Waals surface area (Å²) in [4.78, 5) is 2.24. The van der Waals surface area contributed by atoms with Crippen molar-refractivity contribution in [1.29, 1.82) is 5.41 Å². The molecule has 0 fully saturated rings. The lowest BCUT2D eigenvalue weighted by Gasteiger charge is -2.18. The zero-order valence-electron chi connectivity index (χ0n) is 10.3. The molecule has 1 heterocycles. The van der Waals surface area contributed by atoms with Crippen LogP contribution in [0.25, 0.3) is 0 Å². The highest BCUT2D eigenvalue weighted by atomic mass is 16.5. The Morgan fingerprint density at radius 1 is 1.47 bits per heavy atom. The van der Waals surface area contributed by atoms with Crippen LogP contribution in [0.4, 0.5) is 0 Å². The van der Waals surface area contributed by atoms with E-state index < -0.39 is 0 Å². The summed E-state index contributed by atoms with van der Waals surface area (Å²) in [5.74, 6) is 0.268. The summed E-state index contributed by atoms with van der Waals surface area (Å²) in [6.07, 6.45) is 1.49. The lowest BCUT2D eigenvalue weighted by molar-refractivity contribution is 0.216. The molecule has 0 saturated heterocycles. The number of aromatic nitrogens is 2. The second-order valence-corrected chi connectivity index (χ2v) is 3.54. The summed E-state index contributed by atoms with van der Waals surface area (Å²) in [7, 11) is 0. The van der Waals surface area contributed by atoms with Gasteiger partial charge in [-0.05, 0) is 19.2 Å². The third-order valence-corrected chi connectivity index (χ3v) is 2.52. The molecule has 3 N–H and O–H groups in total. The van der Waals surface area contributed by atoms with E-state index in [-0.39, 0.29) is 5.84 Å². The van der Waals surface area contributed by atoms with Crippen LogP contribution < -0.4 is 10.5 Å². The predicted octanol–water partition coefficient (Wildman–Crippen LogP) is 0.481. The molecule has 0 aliphatic rings. The van der Waals surface area contributed by atoms with Crippen molar-refractivity contribution in [3.63, 3.8) is 0 Å². The van der Waals surface area contributed by atoms with Crippen LogP contribution >= 0.6 is 0 Å². The summed E-state index contributed by atoms with van der Waals surface area (Å²) in [5, 5.41) is 15.0. The quantitative estimate of drug-likeness (QED) is 0.532. The van der Waals surface area contributed by atoms with Crippen LogP contribution in [0, 0.1) is 5.41 Å². The average Bonchev–Trinajstić information content (AvgIpc) is 2.35. The van der Waals surface area contributed by atoms with Crippen LogP contribution in [-0.4, -0.2) is 47.2 Å². The minimum Gasteiger partial charge on any atom is -0.475 e. The summed E-state index contributed by atoms with van der Waals surface area (Å²) < 4.78 is 5.50. The van der Waals surface area contributed by atoms with Crippen LogP contribution in [0.15, 0.2) is 12.3 Å². The first-order valence-corrected chi connectivity index (χ1v) is 5.70. The molecule has 6 heteroatoms. The van der Waals surface area contributed by atoms with Crippen molar-refractivity contribution in [1.82, 2.24) is 15.1 Å². The van der Waals surface area contributed by atoms with Gasteiger partial charge in [0.15, 0.2) is 0 Å². The van der Waals surface area contributed by atoms with E-state index in [9.17, 15) is 0 Å². The lowest BCUT2D eigenvalue weighted by Crippen LogP contribution is -2.28. The Hall–Kier alpha value is -1.69. The third kappa shape index (κ3) is 3.99. The molecule has 94 valence electrons. The van der Waals surface area contributed by atoms with E-state index in [4.69, 9.17) is 15.9 Å². The van der Waals surface area contributed by atoms with E-state index in [1.807, 2.05) is 0 Å². The molecule has 1 rings (SSSR count). The van der Waals surface area contributed by atoms with E-state index in [1.54, 1.807) is 6.07 Å². The molecular weight excluding hydrogens is 218 g/mol. The minimum absolute atomic E-state index is 0.0576. The zero-order valence-corrected chi connectivity index (χ0v) is 10.3. The van der Waals surface area contributed by atoms with Crippen molar-refractivity contribution < 1.29 is 4.74 Å². The molecule has 0 aromatic carbocycles. The Morgan fingerprint density at radius 2 is 2.18 bits per heavy atom. The zero-order chi connectivity index (χ0) is 12.7. The molecular formula is C11H19N5O. The fraction of sp³-hybridized carbons (Fsp3) is 0.545. The molecule has 0 radical (unpaired) electrons. The van der Waals surface area contributed by atoms with Crippen molar-refractivity contribution in [2.45, 2.75) is 13.8 Å². The van der Waals surface area contributed by atoms with Gasteiger partial charge in [-0.25, -0.2) is 0 Å². The first kappa shape index (κ1) is 13.4. The normalized spacial score (nSPS) is 10.5. The minimum atomic E-state index is -0.0576. The summed E-state index contributed by atoms with van der Waals surface area (Å²) >= 11 is 0. The largest absolute Gasteiger partial charge is 0.475 e. The number of hydrogen-bond acceptors (Lipinski definition) is 5. The fourth-order valence-electron chi connectivity index (χ4n) is 1.44. The van der Waals surface area contributed by atoms with Gasteiger partial charge in [0.05, 0.1) is 11.8 Å². The van der Waals surface area contributed by atoms with Gasteiger partial charge in [-0.15, -0.1) is 5.10 Å². The molecule has 6 nitrogen and oxygen atoms in total. The SMILES string of the molecule is CCN(CC)CCOc1nnccc1C(=N)N. The van der Waals surface area contributed by atoms with Gasteiger partial charge >= 0.3 is 0 Å². The Bertz CT molecular complexity index is 365. The Balaban J connectivity index is 2.54. The summed E-state index contributed by atoms with van der Waals surface area (Å²) in [5.41, 5.74) is 5.91. The first-order chi connectivity index (χ1) is 8.19. The number of hydrogen-bond donors (Lipinski definition) is 2. The maximum Gasteiger partial charge on any atom is 0.244 e. The second-order valence-electron chi connectivity index (χ2n) is 3.54. The van der Waals surface area contributed by atoms with Crippen LogP contribution in [0.2, 0.25) is 0 Å². The average molecular weight is 237 g/mol. The molecule has 1 aromatic heterocycles. The number of likely N-dealkylation sites (N-methyl/N-ethyl adjacent to an activating group) is 1. The van der Waals surface area contributed by atoms with Crippen LogP contribution in [0.1, 0.15) is 19.4 Å². The van der Waals surface area contributed by atoms with E-state index in [0.717, 1.165) is 19.6 Å². The van der Waals surface area contributed by atoms with Gasteiger partial charge in [0.1, 0.15) is 12.4 Å². The van der Waals surface area contributed by atoms with Gasteiger partial charge in [0, 0.05) is 6.54 Å². The molecule has 0 unspecified atom stereocenters. The number of nitrogens with two attached hydrogens (primary N) is 1. The molecule has 0 bridgehead atoms. The summed E-state index contributed by atoms with van der Waals surface area (Å²) in [6.45, 7) is 7.51. The Labute approximate surface area is 101 Å². The topological polar surface area (TPSA) is 88.1 Å². The maximum absolute atomic E-state index is 7.39. The van der Waals surface area contributed by atoms with Gasteiger partial charge < -0.3 is 15.4 Å². The molecule has 17 heavy (non-hydrogen) atoms. The van der Waals surface area contributed by atoms with Crippen molar-refractivity contribution >= 4 is 5.84 Å². The maximum atomic E-state index is 7.39. The van der Waals surface area contributed by atoms with E-state index in [1.165, 1.54) is 6.20 Å². The fourth-order valence-corrected chi connectivity index (χ4v) is 1.44. The number of ether oxygens (including phenoxy) is 1. The highest BCUT2D eigenvalue weighted by Gasteiger charge is 2.08. The first-order valence-electron chi connectivity index (χ1n) is 5.70. The van der Waals surface area contributed by atoms with Gasteiger partial charge in [-0.2, -0.15) is 5.10 Å². The van der Waals surface area contributed by atoms with E-state index in [0.29, 0.717) is 18.1 Å². The molecule has 0 atom stereocenters. The van der Waals surface area contributed by atoms with Crippen molar-refractivity contribution in [2.75, 3.05) is 26.2 Å². The monoisotopic (exact) mass is 237 g/mol. The van der Waals surface area contributed by atoms with Crippen molar-refractivity contribution in [3.05, 3.63) is 17.8 Å². The molecule has 0 saturated carbocycles. The number of rotatable bonds is 7. The third-order valence-electron chi connectivity index (χ3n) is 2.52. The van der Waals surface area contributed by atoms with Gasteiger partial charge in [0.25, 0.3) is 0 Å². The smallest absolute Gasteiger partial charge is 0.244 e. The lowest BCUT2D eigenvalue weighted by atomic mass is 10.3. The Morgan fingerprint density at radius 3 is 2.76 bits per heavy atom.